The zero-order chi connectivity index (χ0) is 24.5. The molecule has 0 fully saturated rings. The van der Waals surface area contributed by atoms with E-state index in [1.807, 2.05) is 13.8 Å². The summed E-state index contributed by atoms with van der Waals surface area (Å²) < 4.78 is 14.3. The van der Waals surface area contributed by atoms with Gasteiger partial charge in [-0.05, 0) is 24.2 Å². The van der Waals surface area contributed by atoms with Gasteiger partial charge in [0.05, 0.1) is 12.4 Å². The summed E-state index contributed by atoms with van der Waals surface area (Å²) in [5.74, 6) is -4.16. The molecule has 12 nitrogen and oxygen atoms in total. The van der Waals surface area contributed by atoms with E-state index in [0.717, 1.165) is 0 Å². The number of urea groups is 1. The van der Waals surface area contributed by atoms with E-state index < -0.39 is 49.1 Å². The van der Waals surface area contributed by atoms with Crippen LogP contribution in [0, 0.1) is 11.3 Å². The predicted octanol–water partition coefficient (Wildman–Crippen LogP) is 0.913. The van der Waals surface area contributed by atoms with Crippen molar-refractivity contribution < 1.29 is 38.9 Å². The summed E-state index contributed by atoms with van der Waals surface area (Å²) in [6.07, 6.45) is 1.09. The van der Waals surface area contributed by atoms with Gasteiger partial charge in [-0.2, -0.15) is 0 Å². The van der Waals surface area contributed by atoms with Crippen LogP contribution in [-0.4, -0.2) is 73.0 Å². The minimum Gasteiger partial charge on any atom is -0.481 e. The maximum atomic E-state index is 12.8. The fourth-order valence-corrected chi connectivity index (χ4v) is 3.30. The highest BCUT2D eigenvalue weighted by molar-refractivity contribution is 5.86. The number of halogens is 1. The van der Waals surface area contributed by atoms with Gasteiger partial charge in [-0.1, -0.05) is 26.0 Å². The Kier molecular flexibility index (Phi) is 10.0. The SMILES string of the molecule is CC(CF)CC(C)(C)Cn1cc(C[C@H](NC(=O)N[C@@H](CCC(=O)O)C(=O)O)C(=O)O)nn1. The van der Waals surface area contributed by atoms with Crippen LogP contribution in [0.2, 0.25) is 0 Å². The number of hydrogen-bond donors (Lipinski definition) is 5. The van der Waals surface area contributed by atoms with Crippen LogP contribution in [0.3, 0.4) is 0 Å². The third kappa shape index (κ3) is 9.71. The van der Waals surface area contributed by atoms with E-state index in [1.54, 1.807) is 6.92 Å². The van der Waals surface area contributed by atoms with Crippen molar-refractivity contribution >= 4 is 23.9 Å². The molecule has 0 aliphatic rings. The molecule has 0 radical (unpaired) electrons. The normalized spacial score (nSPS) is 14.2. The lowest BCUT2D eigenvalue weighted by atomic mass is 9.84. The molecule has 180 valence electrons. The number of alkyl halides is 1. The van der Waals surface area contributed by atoms with Crippen molar-refractivity contribution in [2.75, 3.05) is 6.67 Å². The number of rotatable bonds is 14. The highest BCUT2D eigenvalue weighted by Gasteiger charge is 2.27. The van der Waals surface area contributed by atoms with Crippen molar-refractivity contribution in [2.24, 2.45) is 11.3 Å². The molecule has 0 aliphatic heterocycles. The number of hydrogen-bond acceptors (Lipinski definition) is 6. The molecule has 32 heavy (non-hydrogen) atoms. The van der Waals surface area contributed by atoms with Crippen LogP contribution in [0.4, 0.5) is 9.18 Å². The lowest BCUT2D eigenvalue weighted by Crippen LogP contribution is -2.51. The Morgan fingerprint density at radius 1 is 1.12 bits per heavy atom. The van der Waals surface area contributed by atoms with Crippen LogP contribution < -0.4 is 10.6 Å². The predicted molar refractivity (Wildman–Crippen MR) is 109 cm³/mol. The molecule has 13 heteroatoms. The zero-order valence-corrected chi connectivity index (χ0v) is 18.2. The van der Waals surface area contributed by atoms with Crippen LogP contribution in [-0.2, 0) is 27.3 Å². The quantitative estimate of drug-likeness (QED) is 0.270. The van der Waals surface area contributed by atoms with Crippen LogP contribution in [0.5, 0.6) is 0 Å². The van der Waals surface area contributed by atoms with Crippen molar-refractivity contribution in [3.8, 4) is 0 Å². The summed E-state index contributed by atoms with van der Waals surface area (Å²) in [5, 5.41) is 39.2. The Labute approximate surface area is 184 Å². The summed E-state index contributed by atoms with van der Waals surface area (Å²) in [4.78, 5) is 45.4. The Morgan fingerprint density at radius 3 is 2.25 bits per heavy atom. The molecule has 1 heterocycles. The summed E-state index contributed by atoms with van der Waals surface area (Å²) >= 11 is 0. The largest absolute Gasteiger partial charge is 0.481 e. The molecule has 1 unspecified atom stereocenters. The first-order chi connectivity index (χ1) is 14.8. The average molecular weight is 459 g/mol. The maximum Gasteiger partial charge on any atom is 0.326 e. The topological polar surface area (TPSA) is 184 Å². The number of carbonyl (C=O) groups is 4. The molecule has 0 spiro atoms. The first kappa shape index (κ1) is 26.8. The highest BCUT2D eigenvalue weighted by atomic mass is 19.1. The fourth-order valence-electron chi connectivity index (χ4n) is 3.30. The molecule has 0 saturated carbocycles. The van der Waals surface area contributed by atoms with E-state index in [0.29, 0.717) is 13.0 Å². The molecule has 1 aromatic rings. The summed E-state index contributed by atoms with van der Waals surface area (Å²) in [7, 11) is 0. The molecule has 0 saturated heterocycles. The maximum absolute atomic E-state index is 12.8. The second-order valence-electron chi connectivity index (χ2n) is 8.57. The Balaban J connectivity index is 2.74. The van der Waals surface area contributed by atoms with Gasteiger partial charge in [-0.25, -0.2) is 14.4 Å². The van der Waals surface area contributed by atoms with Crippen LogP contribution >= 0.6 is 0 Å². The van der Waals surface area contributed by atoms with Gasteiger partial charge in [0, 0.05) is 25.6 Å². The lowest BCUT2D eigenvalue weighted by molar-refractivity contribution is -0.140. The molecular weight excluding hydrogens is 429 g/mol. The van der Waals surface area contributed by atoms with Gasteiger partial charge in [0.1, 0.15) is 12.1 Å². The molecule has 1 rings (SSSR count). The molecule has 0 bridgehead atoms. The van der Waals surface area contributed by atoms with Gasteiger partial charge in [-0.15, -0.1) is 5.10 Å². The number of carboxylic acids is 3. The zero-order valence-electron chi connectivity index (χ0n) is 18.2. The van der Waals surface area contributed by atoms with Crippen LogP contribution in [0.15, 0.2) is 6.20 Å². The first-order valence-electron chi connectivity index (χ1n) is 10.0. The van der Waals surface area contributed by atoms with Crippen molar-refractivity contribution in [1.29, 1.82) is 0 Å². The number of aliphatic carboxylic acids is 3. The smallest absolute Gasteiger partial charge is 0.326 e. The molecule has 5 N–H and O–H groups in total. The third-order valence-electron chi connectivity index (χ3n) is 4.61. The number of carboxylic acid groups (broad SMARTS) is 3. The summed E-state index contributed by atoms with van der Waals surface area (Å²) in [6, 6.07) is -3.98. The van der Waals surface area contributed by atoms with Gasteiger partial charge in [0.15, 0.2) is 0 Å². The molecule has 0 aromatic carbocycles. The van der Waals surface area contributed by atoms with Crippen LogP contribution in [0.1, 0.15) is 45.7 Å². The highest BCUT2D eigenvalue weighted by Crippen LogP contribution is 2.27. The van der Waals surface area contributed by atoms with Crippen molar-refractivity contribution in [3.63, 3.8) is 0 Å². The second-order valence-corrected chi connectivity index (χ2v) is 8.57. The Morgan fingerprint density at radius 2 is 1.72 bits per heavy atom. The number of nitrogens with zero attached hydrogens (tertiary/aromatic N) is 3. The Bertz CT molecular complexity index is 814. The number of nitrogens with one attached hydrogen (secondary N) is 2. The summed E-state index contributed by atoms with van der Waals surface area (Å²) in [5.41, 5.74) is 0.00972. The van der Waals surface area contributed by atoms with E-state index in [9.17, 15) is 28.7 Å². The van der Waals surface area contributed by atoms with Crippen molar-refractivity contribution in [1.82, 2.24) is 25.6 Å². The average Bonchev–Trinajstić information content (AvgIpc) is 3.09. The minimum absolute atomic E-state index is 0.114. The molecular formula is C19H30FN5O7. The Hall–Kier alpha value is -3.25. The molecule has 3 atom stereocenters. The van der Waals surface area contributed by atoms with Crippen molar-refractivity contribution in [2.45, 2.75) is 65.1 Å². The standard InChI is InChI=1S/C19H30FN5O7/c1-11(8-20)7-19(2,3)10-25-9-12(23-24-25)6-14(17(30)31)22-18(32)21-13(16(28)29)4-5-15(26)27/h9,11,13-14H,4-8,10H2,1-3H3,(H,26,27)(H,28,29)(H,30,31)(H2,21,22,32)/t11?,13-,14-/m0/s1. The number of carbonyl (C=O) groups excluding carboxylic acids is 1. The number of aromatic nitrogens is 3. The summed E-state index contributed by atoms with van der Waals surface area (Å²) in [6.45, 7) is 5.71. The van der Waals surface area contributed by atoms with E-state index in [2.05, 4.69) is 20.9 Å². The van der Waals surface area contributed by atoms with E-state index in [4.69, 9.17) is 10.2 Å². The van der Waals surface area contributed by atoms with Gasteiger partial charge >= 0.3 is 23.9 Å². The number of amides is 2. The van der Waals surface area contributed by atoms with Gasteiger partial charge in [0.2, 0.25) is 0 Å². The van der Waals surface area contributed by atoms with E-state index >= 15 is 0 Å². The van der Waals surface area contributed by atoms with Crippen LogP contribution in [0.25, 0.3) is 0 Å². The third-order valence-corrected chi connectivity index (χ3v) is 4.61. The molecule has 0 aliphatic carbocycles. The van der Waals surface area contributed by atoms with Crippen molar-refractivity contribution in [3.05, 3.63) is 11.9 Å². The molecule has 1 aromatic heterocycles. The van der Waals surface area contributed by atoms with Gasteiger partial charge in [0.25, 0.3) is 0 Å². The second kappa shape index (κ2) is 12.0. The van der Waals surface area contributed by atoms with Gasteiger partial charge < -0.3 is 26.0 Å². The lowest BCUT2D eigenvalue weighted by Gasteiger charge is -2.26. The van der Waals surface area contributed by atoms with E-state index in [-0.39, 0.29) is 29.9 Å². The fraction of sp³-hybridized carbons (Fsp3) is 0.684. The minimum atomic E-state index is -1.49. The van der Waals surface area contributed by atoms with Gasteiger partial charge in [-0.3, -0.25) is 13.9 Å². The van der Waals surface area contributed by atoms with E-state index in [1.165, 1.54) is 10.9 Å². The monoisotopic (exact) mass is 459 g/mol. The molecule has 2 amide bonds. The first-order valence-corrected chi connectivity index (χ1v) is 10.0.